The van der Waals surface area contributed by atoms with Crippen LogP contribution in [0.15, 0.2) is 66.8 Å². The highest BCUT2D eigenvalue weighted by Crippen LogP contribution is 2.24. The maximum Gasteiger partial charge on any atom is 0.319 e. The first-order valence-corrected chi connectivity index (χ1v) is 7.94. The molecule has 1 aliphatic carbocycles. The molecule has 2 aromatic rings. The van der Waals surface area contributed by atoms with Crippen LogP contribution in [0.1, 0.15) is 12.0 Å². The number of benzene rings is 2. The van der Waals surface area contributed by atoms with Crippen molar-refractivity contribution in [2.24, 2.45) is 0 Å². The molecule has 2 amide bonds. The van der Waals surface area contributed by atoms with E-state index >= 15 is 0 Å². The Bertz CT molecular complexity index is 782. The van der Waals surface area contributed by atoms with E-state index in [0.29, 0.717) is 17.1 Å². The normalized spacial score (nSPS) is 16.4. The number of carbonyl (C=O) groups is 1. The Balaban J connectivity index is 1.59. The number of halogens is 2. The van der Waals surface area contributed by atoms with Crippen molar-refractivity contribution >= 4 is 28.9 Å². The SMILES string of the molecule is O=C(Nc1ccc(Cl)cc1)NC1C=CC=C(c2ccc(F)cc2)C1. The topological polar surface area (TPSA) is 41.1 Å². The van der Waals surface area contributed by atoms with Crippen molar-refractivity contribution in [3.05, 3.63) is 83.2 Å². The molecule has 0 saturated carbocycles. The number of nitrogens with one attached hydrogen (secondary N) is 2. The summed E-state index contributed by atoms with van der Waals surface area (Å²) in [5, 5.41) is 6.29. The summed E-state index contributed by atoms with van der Waals surface area (Å²) in [6.45, 7) is 0. The lowest BCUT2D eigenvalue weighted by molar-refractivity contribution is 0.250. The molecular weight excluding hydrogens is 327 g/mol. The van der Waals surface area contributed by atoms with Crippen molar-refractivity contribution in [2.75, 3.05) is 5.32 Å². The molecule has 3 nitrogen and oxygen atoms in total. The maximum absolute atomic E-state index is 13.0. The number of amides is 2. The van der Waals surface area contributed by atoms with E-state index in [1.165, 1.54) is 12.1 Å². The monoisotopic (exact) mass is 342 g/mol. The molecule has 1 atom stereocenters. The number of hydrogen-bond acceptors (Lipinski definition) is 1. The number of anilines is 1. The molecule has 2 N–H and O–H groups in total. The molecule has 24 heavy (non-hydrogen) atoms. The molecule has 0 saturated heterocycles. The van der Waals surface area contributed by atoms with Gasteiger partial charge in [-0.1, -0.05) is 42.0 Å². The van der Waals surface area contributed by atoms with E-state index in [1.54, 1.807) is 36.4 Å². The van der Waals surface area contributed by atoms with Gasteiger partial charge in [0.05, 0.1) is 6.04 Å². The summed E-state index contributed by atoms with van der Waals surface area (Å²) in [5.74, 6) is -0.261. The highest BCUT2D eigenvalue weighted by atomic mass is 35.5. The van der Waals surface area contributed by atoms with Crippen LogP contribution in [0.25, 0.3) is 5.57 Å². The third kappa shape index (κ3) is 4.24. The largest absolute Gasteiger partial charge is 0.331 e. The van der Waals surface area contributed by atoms with E-state index in [0.717, 1.165) is 11.1 Å². The van der Waals surface area contributed by atoms with Crippen LogP contribution in [0, 0.1) is 5.82 Å². The second-order valence-corrected chi connectivity index (χ2v) is 5.94. The molecule has 1 aliphatic rings. The van der Waals surface area contributed by atoms with Gasteiger partial charge in [0.1, 0.15) is 5.82 Å². The smallest absolute Gasteiger partial charge is 0.319 e. The summed E-state index contributed by atoms with van der Waals surface area (Å²) in [6, 6.07) is 12.9. The second-order valence-electron chi connectivity index (χ2n) is 5.50. The molecule has 5 heteroatoms. The van der Waals surface area contributed by atoms with Gasteiger partial charge < -0.3 is 10.6 Å². The lowest BCUT2D eigenvalue weighted by Gasteiger charge is -2.20. The number of rotatable bonds is 3. The van der Waals surface area contributed by atoms with Gasteiger partial charge in [-0.2, -0.15) is 0 Å². The maximum atomic E-state index is 13.0. The van der Waals surface area contributed by atoms with Gasteiger partial charge in [-0.05, 0) is 54.0 Å². The third-order valence-electron chi connectivity index (χ3n) is 3.71. The van der Waals surface area contributed by atoms with Crippen molar-refractivity contribution in [1.82, 2.24) is 5.32 Å². The first-order chi connectivity index (χ1) is 11.6. The average Bonchev–Trinajstić information content (AvgIpc) is 2.58. The Hall–Kier alpha value is -2.59. The Morgan fingerprint density at radius 2 is 1.79 bits per heavy atom. The van der Waals surface area contributed by atoms with Crippen LogP contribution < -0.4 is 10.6 Å². The predicted octanol–water partition coefficient (Wildman–Crippen LogP) is 5.01. The van der Waals surface area contributed by atoms with E-state index in [-0.39, 0.29) is 17.9 Å². The lowest BCUT2D eigenvalue weighted by Crippen LogP contribution is -2.37. The van der Waals surface area contributed by atoms with E-state index in [4.69, 9.17) is 11.6 Å². The van der Waals surface area contributed by atoms with Gasteiger partial charge in [-0.15, -0.1) is 0 Å². The van der Waals surface area contributed by atoms with Crippen molar-refractivity contribution in [3.8, 4) is 0 Å². The van der Waals surface area contributed by atoms with Crippen molar-refractivity contribution in [2.45, 2.75) is 12.5 Å². The summed E-state index contributed by atoms with van der Waals surface area (Å²) in [5.41, 5.74) is 2.67. The Kier molecular flexibility index (Phi) is 4.96. The highest BCUT2D eigenvalue weighted by molar-refractivity contribution is 6.30. The number of urea groups is 1. The van der Waals surface area contributed by atoms with Crippen LogP contribution in [0.3, 0.4) is 0 Å². The molecule has 0 aliphatic heterocycles. The predicted molar refractivity (Wildman–Crippen MR) is 95.5 cm³/mol. The summed E-state index contributed by atoms with van der Waals surface area (Å²) < 4.78 is 13.0. The van der Waals surface area contributed by atoms with E-state index in [1.807, 2.05) is 18.2 Å². The van der Waals surface area contributed by atoms with Crippen LogP contribution in [0.4, 0.5) is 14.9 Å². The molecule has 0 radical (unpaired) electrons. The quantitative estimate of drug-likeness (QED) is 0.808. The number of allylic oxidation sites excluding steroid dienone is 2. The summed E-state index contributed by atoms with van der Waals surface area (Å²) in [7, 11) is 0. The fourth-order valence-electron chi connectivity index (χ4n) is 2.52. The Morgan fingerprint density at radius 3 is 2.50 bits per heavy atom. The Morgan fingerprint density at radius 1 is 1.08 bits per heavy atom. The summed E-state index contributed by atoms with van der Waals surface area (Å²) in [4.78, 5) is 12.1. The molecule has 0 spiro atoms. The molecule has 122 valence electrons. The molecule has 0 bridgehead atoms. The highest BCUT2D eigenvalue weighted by Gasteiger charge is 2.15. The van der Waals surface area contributed by atoms with Gasteiger partial charge in [-0.25, -0.2) is 9.18 Å². The second kappa shape index (κ2) is 7.32. The zero-order valence-corrected chi connectivity index (χ0v) is 13.6. The van der Waals surface area contributed by atoms with Crippen LogP contribution in [-0.2, 0) is 0 Å². The first-order valence-electron chi connectivity index (χ1n) is 7.56. The van der Waals surface area contributed by atoms with Crippen molar-refractivity contribution < 1.29 is 9.18 Å². The fourth-order valence-corrected chi connectivity index (χ4v) is 2.65. The lowest BCUT2D eigenvalue weighted by atomic mass is 9.94. The van der Waals surface area contributed by atoms with Gasteiger partial charge >= 0.3 is 6.03 Å². The summed E-state index contributed by atoms with van der Waals surface area (Å²) in [6.07, 6.45) is 6.45. The molecule has 0 heterocycles. The van der Waals surface area contributed by atoms with Crippen molar-refractivity contribution in [3.63, 3.8) is 0 Å². The fraction of sp³-hybridized carbons (Fsp3) is 0.105. The molecular formula is C19H16ClFN2O. The third-order valence-corrected chi connectivity index (χ3v) is 3.97. The standard InChI is InChI=1S/C19H16ClFN2O/c20-15-6-10-17(11-7-15)22-19(24)23-18-3-1-2-14(12-18)13-4-8-16(21)9-5-13/h1-11,18H,12H2,(H2,22,23,24). The van der Waals surface area contributed by atoms with Crippen LogP contribution in [0.5, 0.6) is 0 Å². The van der Waals surface area contributed by atoms with Gasteiger partial charge in [0.25, 0.3) is 0 Å². The average molecular weight is 343 g/mol. The Labute approximate surface area is 144 Å². The van der Waals surface area contributed by atoms with E-state index < -0.39 is 0 Å². The van der Waals surface area contributed by atoms with Crippen LogP contribution in [0.2, 0.25) is 5.02 Å². The van der Waals surface area contributed by atoms with Gasteiger partial charge in [0, 0.05) is 10.7 Å². The number of hydrogen-bond donors (Lipinski definition) is 2. The van der Waals surface area contributed by atoms with Crippen LogP contribution >= 0.6 is 11.6 Å². The molecule has 3 rings (SSSR count). The molecule has 2 aromatic carbocycles. The minimum atomic E-state index is -0.285. The minimum Gasteiger partial charge on any atom is -0.331 e. The van der Waals surface area contributed by atoms with Gasteiger partial charge in [0.15, 0.2) is 0 Å². The molecule has 0 aromatic heterocycles. The summed E-state index contributed by atoms with van der Waals surface area (Å²) >= 11 is 5.82. The minimum absolute atomic E-state index is 0.123. The first kappa shape index (κ1) is 16.3. The zero-order valence-electron chi connectivity index (χ0n) is 12.8. The van der Waals surface area contributed by atoms with Crippen molar-refractivity contribution in [1.29, 1.82) is 0 Å². The van der Waals surface area contributed by atoms with E-state index in [2.05, 4.69) is 10.6 Å². The van der Waals surface area contributed by atoms with Gasteiger partial charge in [-0.3, -0.25) is 0 Å². The van der Waals surface area contributed by atoms with E-state index in [9.17, 15) is 9.18 Å². The molecule has 0 fully saturated rings. The zero-order chi connectivity index (χ0) is 16.9. The van der Waals surface area contributed by atoms with Crippen LogP contribution in [-0.4, -0.2) is 12.1 Å². The van der Waals surface area contributed by atoms with Gasteiger partial charge in [0.2, 0.25) is 0 Å². The number of carbonyl (C=O) groups excluding carboxylic acids is 1. The molecule has 1 unspecified atom stereocenters.